The summed E-state index contributed by atoms with van der Waals surface area (Å²) < 4.78 is 0. The highest BCUT2D eigenvalue weighted by Gasteiger charge is 2.09. The fraction of sp³-hybridized carbons (Fsp3) is 0.235. The molecule has 0 radical (unpaired) electrons. The molecule has 0 bridgehead atoms. The first-order valence-corrected chi connectivity index (χ1v) is 7.28. The smallest absolute Gasteiger partial charge is 0.238 e. The third-order valence-electron chi connectivity index (χ3n) is 3.33. The maximum Gasteiger partial charge on any atom is 0.238 e. The van der Waals surface area contributed by atoms with Crippen molar-refractivity contribution in [3.05, 3.63) is 64.7 Å². The van der Waals surface area contributed by atoms with Crippen LogP contribution >= 0.6 is 11.6 Å². The van der Waals surface area contributed by atoms with Gasteiger partial charge >= 0.3 is 0 Å². The van der Waals surface area contributed by atoms with Gasteiger partial charge in [0.05, 0.1) is 6.54 Å². The molecular weight excluding hydrogens is 284 g/mol. The van der Waals surface area contributed by atoms with Crippen LogP contribution in [0.15, 0.2) is 48.5 Å². The topological polar surface area (TPSA) is 41.1 Å². The highest BCUT2D eigenvalue weighted by molar-refractivity contribution is 6.30. The fourth-order valence-electron chi connectivity index (χ4n) is 2.20. The first kappa shape index (κ1) is 15.5. The number of hydrogen-bond acceptors (Lipinski definition) is 2. The van der Waals surface area contributed by atoms with Gasteiger partial charge in [0.1, 0.15) is 0 Å². The molecule has 1 atom stereocenters. The average molecular weight is 303 g/mol. The summed E-state index contributed by atoms with van der Waals surface area (Å²) in [4.78, 5) is 11.9. The molecule has 0 aliphatic rings. The normalized spacial score (nSPS) is 12.0. The molecule has 0 saturated carbocycles. The van der Waals surface area contributed by atoms with E-state index in [-0.39, 0.29) is 18.5 Å². The Labute approximate surface area is 130 Å². The highest BCUT2D eigenvalue weighted by Crippen LogP contribution is 2.17. The van der Waals surface area contributed by atoms with Crippen molar-refractivity contribution in [1.29, 1.82) is 0 Å². The molecule has 1 amide bonds. The van der Waals surface area contributed by atoms with E-state index in [2.05, 4.69) is 36.6 Å². The monoisotopic (exact) mass is 302 g/mol. The summed E-state index contributed by atoms with van der Waals surface area (Å²) in [6.07, 6.45) is 0. The van der Waals surface area contributed by atoms with Gasteiger partial charge in [0.25, 0.3) is 0 Å². The maximum atomic E-state index is 11.9. The zero-order valence-corrected chi connectivity index (χ0v) is 12.9. The maximum absolute atomic E-state index is 11.9. The number of halogens is 1. The van der Waals surface area contributed by atoms with E-state index >= 15 is 0 Å². The Morgan fingerprint density at radius 1 is 1.19 bits per heavy atom. The van der Waals surface area contributed by atoms with Gasteiger partial charge < -0.3 is 10.6 Å². The van der Waals surface area contributed by atoms with Crippen molar-refractivity contribution in [3.8, 4) is 0 Å². The summed E-state index contributed by atoms with van der Waals surface area (Å²) in [5.41, 5.74) is 3.12. The molecule has 0 unspecified atom stereocenters. The van der Waals surface area contributed by atoms with E-state index < -0.39 is 0 Å². The van der Waals surface area contributed by atoms with E-state index in [9.17, 15) is 4.79 Å². The molecule has 0 aromatic heterocycles. The zero-order chi connectivity index (χ0) is 15.2. The molecule has 2 rings (SSSR count). The minimum atomic E-state index is -0.0855. The molecule has 2 aromatic carbocycles. The van der Waals surface area contributed by atoms with Crippen molar-refractivity contribution in [2.75, 3.05) is 11.9 Å². The van der Waals surface area contributed by atoms with Gasteiger partial charge in [-0.15, -0.1) is 0 Å². The Kier molecular flexibility index (Phi) is 5.37. The summed E-state index contributed by atoms with van der Waals surface area (Å²) in [5.74, 6) is -0.0855. The van der Waals surface area contributed by atoms with E-state index in [4.69, 9.17) is 11.6 Å². The zero-order valence-electron chi connectivity index (χ0n) is 12.2. The highest BCUT2D eigenvalue weighted by atomic mass is 35.5. The van der Waals surface area contributed by atoms with Crippen LogP contribution < -0.4 is 10.6 Å². The van der Waals surface area contributed by atoms with Crippen LogP contribution in [0.4, 0.5) is 5.69 Å². The quantitative estimate of drug-likeness (QED) is 0.878. The van der Waals surface area contributed by atoms with Crippen LogP contribution in [0.1, 0.15) is 24.1 Å². The van der Waals surface area contributed by atoms with Gasteiger partial charge in [0, 0.05) is 16.8 Å². The van der Waals surface area contributed by atoms with E-state index in [1.165, 1.54) is 11.1 Å². The van der Waals surface area contributed by atoms with Crippen LogP contribution in [-0.4, -0.2) is 12.5 Å². The van der Waals surface area contributed by atoms with Crippen molar-refractivity contribution in [2.45, 2.75) is 19.9 Å². The second kappa shape index (κ2) is 7.25. The van der Waals surface area contributed by atoms with E-state index in [1.54, 1.807) is 18.2 Å². The SMILES string of the molecule is Cc1ccccc1[C@H](C)NCC(=O)Nc1cccc(Cl)c1. The third-order valence-corrected chi connectivity index (χ3v) is 3.57. The molecule has 0 aliphatic heterocycles. The van der Waals surface area contributed by atoms with Gasteiger partial charge in [-0.3, -0.25) is 4.79 Å². The number of hydrogen-bond donors (Lipinski definition) is 2. The molecule has 0 fully saturated rings. The number of rotatable bonds is 5. The number of carbonyl (C=O) groups excluding carboxylic acids is 1. The Morgan fingerprint density at radius 3 is 2.67 bits per heavy atom. The van der Waals surface area contributed by atoms with E-state index in [0.29, 0.717) is 10.7 Å². The minimum Gasteiger partial charge on any atom is -0.325 e. The molecule has 0 spiro atoms. The lowest BCUT2D eigenvalue weighted by Crippen LogP contribution is -2.30. The molecular formula is C17H19ClN2O. The van der Waals surface area contributed by atoms with Crippen LogP contribution in [0.25, 0.3) is 0 Å². The molecule has 0 heterocycles. The summed E-state index contributed by atoms with van der Waals surface area (Å²) in [5, 5.41) is 6.65. The van der Waals surface area contributed by atoms with Crippen LogP contribution in [0.5, 0.6) is 0 Å². The molecule has 2 N–H and O–H groups in total. The van der Waals surface area contributed by atoms with Crippen molar-refractivity contribution in [2.24, 2.45) is 0 Å². The lowest BCUT2D eigenvalue weighted by Gasteiger charge is -2.16. The average Bonchev–Trinajstić information content (AvgIpc) is 2.45. The summed E-state index contributed by atoms with van der Waals surface area (Å²) >= 11 is 5.89. The summed E-state index contributed by atoms with van der Waals surface area (Å²) in [6, 6.07) is 15.4. The second-order valence-electron chi connectivity index (χ2n) is 5.02. The first-order chi connectivity index (χ1) is 10.1. The van der Waals surface area contributed by atoms with Gasteiger partial charge in [-0.1, -0.05) is 41.9 Å². The fourth-order valence-corrected chi connectivity index (χ4v) is 2.39. The van der Waals surface area contributed by atoms with Gasteiger partial charge in [0.2, 0.25) is 5.91 Å². The largest absolute Gasteiger partial charge is 0.325 e. The number of anilines is 1. The summed E-state index contributed by atoms with van der Waals surface area (Å²) in [7, 11) is 0. The van der Waals surface area contributed by atoms with Crippen LogP contribution in [-0.2, 0) is 4.79 Å². The second-order valence-corrected chi connectivity index (χ2v) is 5.45. The number of nitrogens with one attached hydrogen (secondary N) is 2. The number of aryl methyl sites for hydroxylation is 1. The molecule has 4 heteroatoms. The van der Waals surface area contributed by atoms with Gasteiger partial charge in [-0.25, -0.2) is 0 Å². The third kappa shape index (κ3) is 4.59. The van der Waals surface area contributed by atoms with Gasteiger partial charge in [-0.2, -0.15) is 0 Å². The van der Waals surface area contributed by atoms with Gasteiger partial charge in [0.15, 0.2) is 0 Å². The molecule has 3 nitrogen and oxygen atoms in total. The molecule has 2 aromatic rings. The Bertz CT molecular complexity index is 628. The van der Waals surface area contributed by atoms with E-state index in [0.717, 1.165) is 0 Å². The van der Waals surface area contributed by atoms with Crippen molar-refractivity contribution in [3.63, 3.8) is 0 Å². The van der Waals surface area contributed by atoms with Crippen molar-refractivity contribution >= 4 is 23.2 Å². The van der Waals surface area contributed by atoms with E-state index in [1.807, 2.05) is 18.2 Å². The lowest BCUT2D eigenvalue weighted by molar-refractivity contribution is -0.115. The number of amides is 1. The number of benzene rings is 2. The number of carbonyl (C=O) groups is 1. The standard InChI is InChI=1S/C17H19ClN2O/c1-12-6-3-4-9-16(12)13(2)19-11-17(21)20-15-8-5-7-14(18)10-15/h3-10,13,19H,11H2,1-2H3,(H,20,21)/t13-/m0/s1. The van der Waals surface area contributed by atoms with Crippen molar-refractivity contribution in [1.82, 2.24) is 5.32 Å². The Morgan fingerprint density at radius 2 is 1.95 bits per heavy atom. The Balaban J connectivity index is 1.88. The predicted octanol–water partition coefficient (Wildman–Crippen LogP) is 3.94. The summed E-state index contributed by atoms with van der Waals surface area (Å²) in [6.45, 7) is 4.37. The molecule has 21 heavy (non-hydrogen) atoms. The van der Waals surface area contributed by atoms with Crippen LogP contribution in [0, 0.1) is 6.92 Å². The Hall–Kier alpha value is -1.84. The lowest BCUT2D eigenvalue weighted by atomic mass is 10.0. The predicted molar refractivity (Wildman–Crippen MR) is 87.7 cm³/mol. The minimum absolute atomic E-state index is 0.0855. The molecule has 0 saturated heterocycles. The van der Waals surface area contributed by atoms with Crippen molar-refractivity contribution < 1.29 is 4.79 Å². The van der Waals surface area contributed by atoms with Crippen LogP contribution in [0.2, 0.25) is 5.02 Å². The van der Waals surface area contributed by atoms with Gasteiger partial charge in [-0.05, 0) is 43.2 Å². The first-order valence-electron chi connectivity index (χ1n) is 6.90. The molecule has 0 aliphatic carbocycles. The van der Waals surface area contributed by atoms with Crippen LogP contribution in [0.3, 0.4) is 0 Å². The molecule has 110 valence electrons.